The van der Waals surface area contributed by atoms with E-state index in [4.69, 9.17) is 22.2 Å². The predicted octanol–water partition coefficient (Wildman–Crippen LogP) is 3.11. The predicted molar refractivity (Wildman–Crippen MR) is 85.9 cm³/mol. The number of ether oxygens (including phenoxy) is 1. The molecule has 0 radical (unpaired) electrons. The Labute approximate surface area is 135 Å². The van der Waals surface area contributed by atoms with Gasteiger partial charge in [-0.3, -0.25) is 5.43 Å². The van der Waals surface area contributed by atoms with Crippen molar-refractivity contribution >= 4 is 45.1 Å². The SMILES string of the molecule is CCCOc1nc(NN)nc(Nc2ccc(Cl)cc2Br)n1. The summed E-state index contributed by atoms with van der Waals surface area (Å²) in [6.45, 7) is 2.51. The molecule has 0 spiro atoms. The molecule has 0 fully saturated rings. The van der Waals surface area contributed by atoms with Crippen molar-refractivity contribution in [2.45, 2.75) is 13.3 Å². The highest BCUT2D eigenvalue weighted by Gasteiger charge is 2.09. The molecule has 0 saturated carbocycles. The van der Waals surface area contributed by atoms with Gasteiger partial charge in [0.2, 0.25) is 11.9 Å². The quantitative estimate of drug-likeness (QED) is 0.528. The molecule has 0 aliphatic rings. The first-order valence-corrected chi connectivity index (χ1v) is 7.37. The normalized spacial score (nSPS) is 10.3. The number of nitrogens with zero attached hydrogens (tertiary/aromatic N) is 3. The monoisotopic (exact) mass is 372 g/mol. The van der Waals surface area contributed by atoms with E-state index in [1.165, 1.54) is 0 Å². The van der Waals surface area contributed by atoms with Gasteiger partial charge in [-0.1, -0.05) is 18.5 Å². The van der Waals surface area contributed by atoms with Crippen LogP contribution in [0.4, 0.5) is 17.6 Å². The zero-order valence-corrected chi connectivity index (χ0v) is 13.6. The second-order valence-corrected chi connectivity index (χ2v) is 5.30. The van der Waals surface area contributed by atoms with Crippen LogP contribution in [-0.4, -0.2) is 21.6 Å². The van der Waals surface area contributed by atoms with E-state index in [0.717, 1.165) is 16.6 Å². The molecule has 0 amide bonds. The molecule has 1 aromatic carbocycles. The zero-order valence-electron chi connectivity index (χ0n) is 11.2. The van der Waals surface area contributed by atoms with Crippen LogP contribution < -0.4 is 21.3 Å². The number of hydrogen-bond acceptors (Lipinski definition) is 7. The van der Waals surface area contributed by atoms with Gasteiger partial charge >= 0.3 is 6.01 Å². The van der Waals surface area contributed by atoms with E-state index >= 15 is 0 Å². The summed E-state index contributed by atoms with van der Waals surface area (Å²) in [5.74, 6) is 5.87. The van der Waals surface area contributed by atoms with E-state index in [1.54, 1.807) is 18.2 Å². The van der Waals surface area contributed by atoms with Crippen LogP contribution in [0.2, 0.25) is 5.02 Å². The highest BCUT2D eigenvalue weighted by Crippen LogP contribution is 2.28. The Morgan fingerprint density at radius 3 is 2.71 bits per heavy atom. The molecule has 112 valence electrons. The third kappa shape index (κ3) is 4.42. The Kier molecular flexibility index (Phi) is 5.54. The average Bonchev–Trinajstić information content (AvgIpc) is 2.48. The molecule has 4 N–H and O–H groups in total. The molecule has 7 nitrogen and oxygen atoms in total. The summed E-state index contributed by atoms with van der Waals surface area (Å²) in [5.41, 5.74) is 3.14. The Bertz CT molecular complexity index is 627. The Balaban J connectivity index is 2.25. The lowest BCUT2D eigenvalue weighted by Gasteiger charge is -2.10. The summed E-state index contributed by atoms with van der Waals surface area (Å²) in [5, 5.41) is 3.67. The number of anilines is 3. The van der Waals surface area contributed by atoms with E-state index in [0.29, 0.717) is 17.6 Å². The molecule has 21 heavy (non-hydrogen) atoms. The van der Waals surface area contributed by atoms with Gasteiger partial charge in [-0.2, -0.15) is 15.0 Å². The number of rotatable bonds is 6. The number of aromatic nitrogens is 3. The zero-order chi connectivity index (χ0) is 15.2. The van der Waals surface area contributed by atoms with Crippen molar-refractivity contribution in [1.82, 2.24) is 15.0 Å². The molecule has 2 rings (SSSR count). The molecule has 2 aromatic rings. The van der Waals surface area contributed by atoms with Crippen molar-refractivity contribution in [3.8, 4) is 6.01 Å². The molecule has 0 bridgehead atoms. The van der Waals surface area contributed by atoms with E-state index < -0.39 is 0 Å². The number of nitrogens with one attached hydrogen (secondary N) is 2. The summed E-state index contributed by atoms with van der Waals surface area (Å²) in [7, 11) is 0. The first kappa shape index (κ1) is 15.7. The van der Waals surface area contributed by atoms with Gasteiger partial charge in [0.1, 0.15) is 0 Å². The van der Waals surface area contributed by atoms with Crippen molar-refractivity contribution in [2.75, 3.05) is 17.3 Å². The van der Waals surface area contributed by atoms with Crippen LogP contribution in [0.5, 0.6) is 6.01 Å². The topological polar surface area (TPSA) is 98.0 Å². The third-order valence-corrected chi connectivity index (χ3v) is 3.25. The molecule has 0 aliphatic carbocycles. The van der Waals surface area contributed by atoms with Gasteiger partial charge in [0.25, 0.3) is 0 Å². The van der Waals surface area contributed by atoms with E-state index in [9.17, 15) is 0 Å². The third-order valence-electron chi connectivity index (χ3n) is 2.36. The molecule has 0 unspecified atom stereocenters. The second-order valence-electron chi connectivity index (χ2n) is 4.01. The first-order valence-electron chi connectivity index (χ1n) is 6.20. The van der Waals surface area contributed by atoms with E-state index in [-0.39, 0.29) is 12.0 Å². The molecule has 9 heteroatoms. The maximum absolute atomic E-state index is 5.90. The fourth-order valence-corrected chi connectivity index (χ4v) is 2.23. The summed E-state index contributed by atoms with van der Waals surface area (Å²) in [4.78, 5) is 12.3. The molecule has 0 saturated heterocycles. The fraction of sp³-hybridized carbons (Fsp3) is 0.250. The number of halogens is 2. The van der Waals surface area contributed by atoms with Gasteiger partial charge < -0.3 is 10.1 Å². The van der Waals surface area contributed by atoms with Crippen molar-refractivity contribution in [2.24, 2.45) is 5.84 Å². The minimum atomic E-state index is 0.201. The van der Waals surface area contributed by atoms with Crippen LogP contribution >= 0.6 is 27.5 Å². The Morgan fingerprint density at radius 2 is 2.05 bits per heavy atom. The van der Waals surface area contributed by atoms with Gasteiger partial charge in [-0.25, -0.2) is 5.84 Å². The second kappa shape index (κ2) is 7.39. The Morgan fingerprint density at radius 1 is 1.29 bits per heavy atom. The molecule has 1 aromatic heterocycles. The Hall–Kier alpha value is -1.64. The maximum Gasteiger partial charge on any atom is 0.323 e. The minimum absolute atomic E-state index is 0.201. The van der Waals surface area contributed by atoms with Crippen LogP contribution in [0.15, 0.2) is 22.7 Å². The van der Waals surface area contributed by atoms with Gasteiger partial charge in [0.05, 0.1) is 12.3 Å². The van der Waals surface area contributed by atoms with E-state index in [2.05, 4.69) is 41.6 Å². The minimum Gasteiger partial charge on any atom is -0.463 e. The van der Waals surface area contributed by atoms with Crippen LogP contribution in [0, 0.1) is 0 Å². The standard InChI is InChI=1S/C12H14BrClN6O/c1-2-5-21-12-18-10(17-11(19-12)20-15)16-9-4-3-7(14)6-8(9)13/h3-4,6H,2,5,15H2,1H3,(H2,16,17,18,19,20). The number of nitrogens with two attached hydrogens (primary N) is 1. The summed E-state index contributed by atoms with van der Waals surface area (Å²) in [6, 6.07) is 5.53. The van der Waals surface area contributed by atoms with Crippen LogP contribution in [0.25, 0.3) is 0 Å². The van der Waals surface area contributed by atoms with Gasteiger partial charge in [0.15, 0.2) is 0 Å². The van der Waals surface area contributed by atoms with Gasteiger partial charge in [-0.15, -0.1) is 0 Å². The van der Waals surface area contributed by atoms with Gasteiger partial charge in [-0.05, 0) is 40.5 Å². The smallest absolute Gasteiger partial charge is 0.323 e. The summed E-state index contributed by atoms with van der Waals surface area (Å²) < 4.78 is 6.18. The molecular formula is C12H14BrClN6O. The number of hydrogen-bond donors (Lipinski definition) is 3. The number of nitrogen functional groups attached to an aromatic ring is 1. The highest BCUT2D eigenvalue weighted by molar-refractivity contribution is 9.10. The molecule has 0 aliphatic heterocycles. The number of benzene rings is 1. The van der Waals surface area contributed by atoms with Gasteiger partial charge in [0, 0.05) is 9.50 Å². The largest absolute Gasteiger partial charge is 0.463 e. The van der Waals surface area contributed by atoms with Crippen molar-refractivity contribution in [3.63, 3.8) is 0 Å². The lowest BCUT2D eigenvalue weighted by molar-refractivity contribution is 0.292. The maximum atomic E-state index is 5.90. The first-order chi connectivity index (χ1) is 10.1. The van der Waals surface area contributed by atoms with Crippen LogP contribution in [0.3, 0.4) is 0 Å². The average molecular weight is 374 g/mol. The molecular weight excluding hydrogens is 360 g/mol. The van der Waals surface area contributed by atoms with Crippen molar-refractivity contribution < 1.29 is 4.74 Å². The number of hydrazine groups is 1. The lowest BCUT2D eigenvalue weighted by atomic mass is 10.3. The lowest BCUT2D eigenvalue weighted by Crippen LogP contribution is -2.14. The van der Waals surface area contributed by atoms with Crippen LogP contribution in [0.1, 0.15) is 13.3 Å². The summed E-state index contributed by atoms with van der Waals surface area (Å²) >= 11 is 9.32. The van der Waals surface area contributed by atoms with E-state index in [1.807, 2.05) is 6.92 Å². The summed E-state index contributed by atoms with van der Waals surface area (Å²) in [6.07, 6.45) is 0.850. The highest BCUT2D eigenvalue weighted by atomic mass is 79.9. The van der Waals surface area contributed by atoms with Crippen molar-refractivity contribution in [1.29, 1.82) is 0 Å². The fourth-order valence-electron chi connectivity index (χ4n) is 1.45. The van der Waals surface area contributed by atoms with Crippen LogP contribution in [-0.2, 0) is 0 Å². The molecule has 1 heterocycles. The molecule has 0 atom stereocenters. The van der Waals surface area contributed by atoms with Crippen molar-refractivity contribution in [3.05, 3.63) is 27.7 Å².